The summed E-state index contributed by atoms with van der Waals surface area (Å²) in [7, 11) is 0. The molecule has 1 aromatic rings. The van der Waals surface area contributed by atoms with Crippen LogP contribution in [0, 0.1) is 4.94 Å². The van der Waals surface area contributed by atoms with Crippen molar-refractivity contribution in [1.82, 2.24) is 0 Å². The molecule has 0 amide bonds. The Morgan fingerprint density at radius 1 is 0.667 bits per heavy atom. The summed E-state index contributed by atoms with van der Waals surface area (Å²) in [6.45, 7) is 19.6. The second-order valence-electron chi connectivity index (χ2n) is 10.4. The van der Waals surface area contributed by atoms with Crippen molar-refractivity contribution in [2.45, 2.75) is 112 Å². The summed E-state index contributed by atoms with van der Waals surface area (Å²) < 4.78 is 6.47. The molecule has 0 saturated heterocycles. The molecule has 2 heteroatoms. The molecular formula is C25H47OP. The maximum absolute atomic E-state index is 6.47. The molecule has 0 radical (unpaired) electrons. The molecule has 1 rings (SSSR count). The van der Waals surface area contributed by atoms with Crippen LogP contribution in [0.5, 0.6) is 0 Å². The van der Waals surface area contributed by atoms with Crippen LogP contribution in [0.2, 0.25) is 0 Å². The lowest BCUT2D eigenvalue weighted by Gasteiger charge is -2.30. The molecule has 0 aliphatic carbocycles. The zero-order chi connectivity index (χ0) is 20.7. The molecule has 0 spiro atoms. The summed E-state index contributed by atoms with van der Waals surface area (Å²) in [6.07, 6.45) is 12.2. The van der Waals surface area contributed by atoms with Gasteiger partial charge < -0.3 is 4.42 Å². The SMILES string of the molecule is CCCCP(CCCC)(CCCC)=c1cc(C(C)(C)C)oc(C(C)(C)C)c1. The predicted octanol–water partition coefficient (Wildman–Crippen LogP) is 8.82. The standard InChI is InChI=1S/C25H47OP/c1-10-13-16-27(17-14-11-2,18-15-12-3)21-19-22(24(4,5)6)26-23(20-21)25(7,8)9/h19-20H,10-18H2,1-9H3. The summed E-state index contributed by atoms with van der Waals surface area (Å²) >= 11 is 0. The van der Waals surface area contributed by atoms with Crippen molar-refractivity contribution in [3.8, 4) is 0 Å². The molecule has 1 nitrogen and oxygen atoms in total. The Balaban J connectivity index is 3.87. The number of hydrogen-bond acceptors (Lipinski definition) is 1. The zero-order valence-corrected chi connectivity index (χ0v) is 20.8. The number of hydrogen-bond donors (Lipinski definition) is 0. The minimum atomic E-state index is -1.15. The van der Waals surface area contributed by atoms with Crippen molar-refractivity contribution in [3.05, 3.63) is 28.6 Å². The van der Waals surface area contributed by atoms with Gasteiger partial charge in [0, 0.05) is 10.8 Å². The van der Waals surface area contributed by atoms with Gasteiger partial charge in [0.15, 0.2) is 0 Å². The highest BCUT2D eigenvalue weighted by molar-refractivity contribution is 7.68. The maximum atomic E-state index is 6.47. The molecule has 0 aromatic carbocycles. The molecule has 0 N–H and O–H groups in total. The fraction of sp³-hybridized carbons (Fsp3) is 0.800. The molecular weight excluding hydrogens is 347 g/mol. The van der Waals surface area contributed by atoms with E-state index >= 15 is 0 Å². The monoisotopic (exact) mass is 394 g/mol. The van der Waals surface area contributed by atoms with Crippen LogP contribution in [0.3, 0.4) is 0 Å². The van der Waals surface area contributed by atoms with Gasteiger partial charge in [-0.3, -0.25) is 0 Å². The number of unbranched alkanes of at least 4 members (excludes halogenated alkanes) is 3. The van der Waals surface area contributed by atoms with Gasteiger partial charge in [0.1, 0.15) is 11.5 Å². The Bertz CT molecular complexity index is 588. The third-order valence-electron chi connectivity index (χ3n) is 5.62. The van der Waals surface area contributed by atoms with E-state index in [2.05, 4.69) is 74.4 Å². The van der Waals surface area contributed by atoms with Gasteiger partial charge in [-0.15, -0.1) is 0 Å². The van der Waals surface area contributed by atoms with Gasteiger partial charge in [-0.1, -0.05) is 88.5 Å². The second-order valence-corrected chi connectivity index (χ2v) is 14.6. The largest absolute Gasteiger partial charge is 0.465 e. The Kier molecular flexibility index (Phi) is 9.47. The van der Waals surface area contributed by atoms with E-state index in [9.17, 15) is 0 Å². The van der Waals surface area contributed by atoms with Gasteiger partial charge in [0.2, 0.25) is 0 Å². The van der Waals surface area contributed by atoms with E-state index in [0.29, 0.717) is 0 Å². The van der Waals surface area contributed by atoms with Gasteiger partial charge in [-0.05, 0) is 54.8 Å². The van der Waals surface area contributed by atoms with Crippen LogP contribution in [0.1, 0.15) is 112 Å². The molecule has 0 aliphatic rings. The summed E-state index contributed by atoms with van der Waals surface area (Å²) in [5.41, 5.74) is 0.0951. The summed E-state index contributed by atoms with van der Waals surface area (Å²) in [6, 6.07) is 4.92. The lowest BCUT2D eigenvalue weighted by atomic mass is 9.90. The highest BCUT2D eigenvalue weighted by Gasteiger charge is 2.25. The summed E-state index contributed by atoms with van der Waals surface area (Å²) in [5.74, 6) is 2.33. The first-order valence-corrected chi connectivity index (χ1v) is 13.7. The second kappa shape index (κ2) is 10.4. The first-order valence-electron chi connectivity index (χ1n) is 11.4. The van der Waals surface area contributed by atoms with Gasteiger partial charge in [-0.2, -0.15) is 0 Å². The normalized spacial score (nSPS) is 13.2. The fourth-order valence-electron chi connectivity index (χ4n) is 3.61. The van der Waals surface area contributed by atoms with E-state index in [4.69, 9.17) is 4.42 Å². The van der Waals surface area contributed by atoms with Crippen LogP contribution in [0.15, 0.2) is 16.5 Å². The molecule has 0 atom stereocenters. The van der Waals surface area contributed by atoms with Gasteiger partial charge in [0.05, 0.1) is 0 Å². The van der Waals surface area contributed by atoms with E-state index in [0.717, 1.165) is 0 Å². The molecule has 0 aliphatic heterocycles. The maximum Gasteiger partial charge on any atom is 0.110 e. The Hall–Kier alpha value is -0.420. The van der Waals surface area contributed by atoms with Crippen LogP contribution in [-0.2, 0) is 10.8 Å². The lowest BCUT2D eigenvalue weighted by molar-refractivity contribution is 0.328. The average molecular weight is 395 g/mol. The first-order chi connectivity index (χ1) is 12.5. The quantitative estimate of drug-likeness (QED) is 0.381. The van der Waals surface area contributed by atoms with Gasteiger partial charge in [0.25, 0.3) is 0 Å². The molecule has 0 unspecified atom stereocenters. The van der Waals surface area contributed by atoms with Crippen LogP contribution in [-0.4, -0.2) is 18.5 Å². The highest BCUT2D eigenvalue weighted by atomic mass is 31.2. The Morgan fingerprint density at radius 2 is 1.00 bits per heavy atom. The third-order valence-corrected chi connectivity index (χ3v) is 10.5. The van der Waals surface area contributed by atoms with E-state index in [-0.39, 0.29) is 10.8 Å². The fourth-order valence-corrected chi connectivity index (χ4v) is 8.60. The van der Waals surface area contributed by atoms with E-state index in [1.54, 1.807) is 4.94 Å². The number of rotatable bonds is 9. The van der Waals surface area contributed by atoms with Gasteiger partial charge >= 0.3 is 0 Å². The Labute approximate surface area is 170 Å². The molecule has 158 valence electrons. The van der Waals surface area contributed by atoms with Crippen LogP contribution in [0.4, 0.5) is 0 Å². The minimum Gasteiger partial charge on any atom is -0.465 e. The van der Waals surface area contributed by atoms with Crippen LogP contribution >= 0.6 is 6.89 Å². The van der Waals surface area contributed by atoms with E-state index in [1.165, 1.54) is 68.5 Å². The van der Waals surface area contributed by atoms with Crippen LogP contribution < -0.4 is 0 Å². The van der Waals surface area contributed by atoms with Crippen molar-refractivity contribution in [3.63, 3.8) is 0 Å². The first kappa shape index (κ1) is 24.6. The summed E-state index contributed by atoms with van der Waals surface area (Å²) in [5, 5.41) is 0. The van der Waals surface area contributed by atoms with E-state index < -0.39 is 6.89 Å². The highest BCUT2D eigenvalue weighted by Crippen LogP contribution is 2.54. The predicted molar refractivity (Wildman–Crippen MR) is 126 cm³/mol. The molecule has 0 fully saturated rings. The smallest absolute Gasteiger partial charge is 0.110 e. The zero-order valence-electron chi connectivity index (χ0n) is 19.9. The van der Waals surface area contributed by atoms with Gasteiger partial charge in [-0.25, -0.2) is 0 Å². The van der Waals surface area contributed by atoms with Crippen molar-refractivity contribution >= 4 is 6.89 Å². The van der Waals surface area contributed by atoms with Crippen molar-refractivity contribution in [2.24, 2.45) is 0 Å². The minimum absolute atomic E-state index is 0.0476. The van der Waals surface area contributed by atoms with Crippen molar-refractivity contribution < 1.29 is 4.42 Å². The molecule has 27 heavy (non-hydrogen) atoms. The van der Waals surface area contributed by atoms with E-state index in [1.807, 2.05) is 0 Å². The molecule has 0 saturated carbocycles. The van der Waals surface area contributed by atoms with Crippen LogP contribution in [0.25, 0.3) is 0 Å². The molecule has 0 bridgehead atoms. The van der Waals surface area contributed by atoms with Crippen molar-refractivity contribution in [2.75, 3.05) is 18.5 Å². The third kappa shape index (κ3) is 7.16. The van der Waals surface area contributed by atoms with Crippen molar-refractivity contribution in [1.29, 1.82) is 0 Å². The molecule has 1 aromatic heterocycles. The topological polar surface area (TPSA) is 13.1 Å². The summed E-state index contributed by atoms with van der Waals surface area (Å²) in [4.78, 5) is 1.65. The average Bonchev–Trinajstić information content (AvgIpc) is 2.59. The lowest BCUT2D eigenvalue weighted by Crippen LogP contribution is -2.17. The Morgan fingerprint density at radius 3 is 1.26 bits per heavy atom. The molecule has 1 heterocycles.